The molecule has 0 aromatic heterocycles. The molecule has 24 heavy (non-hydrogen) atoms. The first-order valence-electron chi connectivity index (χ1n) is 7.48. The molecule has 126 valence electrons. The number of nitrogens with one attached hydrogen (secondary N) is 1. The summed E-state index contributed by atoms with van der Waals surface area (Å²) in [5.74, 6) is -0.309. The lowest BCUT2D eigenvalue weighted by Gasteiger charge is -2.17. The standard InChI is InChI=1S/C18H18BrClN2O2/c1-22(12-17(23)21-16-5-3-2-4-15(16)19)18(24)11-8-13-6-9-14(20)10-7-13/h2-7,9-10H,8,11-12H2,1H3,(H,21,23). The van der Waals surface area contributed by atoms with Crippen LogP contribution in [0.2, 0.25) is 5.02 Å². The molecular formula is C18H18BrClN2O2. The van der Waals surface area contributed by atoms with Crippen LogP contribution in [0, 0.1) is 0 Å². The maximum Gasteiger partial charge on any atom is 0.244 e. The van der Waals surface area contributed by atoms with Gasteiger partial charge in [0.25, 0.3) is 0 Å². The molecule has 0 saturated heterocycles. The van der Waals surface area contributed by atoms with Gasteiger partial charge in [-0.05, 0) is 52.2 Å². The van der Waals surface area contributed by atoms with Crippen LogP contribution in [0.25, 0.3) is 0 Å². The molecule has 0 heterocycles. The molecule has 6 heteroatoms. The van der Waals surface area contributed by atoms with Gasteiger partial charge in [-0.1, -0.05) is 35.9 Å². The Balaban J connectivity index is 1.81. The van der Waals surface area contributed by atoms with Crippen LogP contribution < -0.4 is 5.32 Å². The van der Waals surface area contributed by atoms with E-state index in [0.717, 1.165) is 10.0 Å². The van der Waals surface area contributed by atoms with Gasteiger partial charge in [-0.3, -0.25) is 9.59 Å². The van der Waals surface area contributed by atoms with Gasteiger partial charge in [-0.15, -0.1) is 0 Å². The van der Waals surface area contributed by atoms with E-state index in [1.807, 2.05) is 30.3 Å². The van der Waals surface area contributed by atoms with Crippen molar-refractivity contribution in [3.8, 4) is 0 Å². The molecule has 2 aromatic carbocycles. The number of carbonyl (C=O) groups is 2. The molecule has 0 spiro atoms. The third-order valence-corrected chi connectivity index (χ3v) is 4.44. The summed E-state index contributed by atoms with van der Waals surface area (Å²) in [6.45, 7) is 0.0147. The summed E-state index contributed by atoms with van der Waals surface area (Å²) in [5.41, 5.74) is 1.73. The lowest BCUT2D eigenvalue weighted by atomic mass is 10.1. The molecular weight excluding hydrogens is 392 g/mol. The molecule has 0 unspecified atom stereocenters. The minimum Gasteiger partial charge on any atom is -0.336 e. The predicted octanol–water partition coefficient (Wildman–Crippen LogP) is 4.13. The molecule has 4 nitrogen and oxygen atoms in total. The van der Waals surface area contributed by atoms with Crippen molar-refractivity contribution in [2.24, 2.45) is 0 Å². The highest BCUT2D eigenvalue weighted by molar-refractivity contribution is 9.10. The highest BCUT2D eigenvalue weighted by Gasteiger charge is 2.13. The highest BCUT2D eigenvalue weighted by atomic mass is 79.9. The first kappa shape index (κ1) is 18.5. The van der Waals surface area contributed by atoms with Crippen LogP contribution in [0.3, 0.4) is 0 Å². The smallest absolute Gasteiger partial charge is 0.244 e. The SMILES string of the molecule is CN(CC(=O)Nc1ccccc1Br)C(=O)CCc1ccc(Cl)cc1. The lowest BCUT2D eigenvalue weighted by molar-refractivity contribution is -0.133. The number of likely N-dealkylation sites (N-methyl/N-ethyl adjacent to an activating group) is 1. The fourth-order valence-electron chi connectivity index (χ4n) is 2.15. The number of anilines is 1. The summed E-state index contributed by atoms with van der Waals surface area (Å²) in [4.78, 5) is 25.6. The van der Waals surface area contributed by atoms with E-state index in [-0.39, 0.29) is 18.4 Å². The second-order valence-electron chi connectivity index (χ2n) is 5.40. The number of amides is 2. The van der Waals surface area contributed by atoms with Crippen LogP contribution in [0.5, 0.6) is 0 Å². The molecule has 0 aliphatic heterocycles. The van der Waals surface area contributed by atoms with Crippen LogP contribution in [-0.2, 0) is 16.0 Å². The van der Waals surface area contributed by atoms with Crippen molar-refractivity contribution in [3.63, 3.8) is 0 Å². The quantitative estimate of drug-likeness (QED) is 0.780. The van der Waals surface area contributed by atoms with Crippen molar-refractivity contribution in [2.45, 2.75) is 12.8 Å². The molecule has 0 aliphatic rings. The van der Waals surface area contributed by atoms with Crippen molar-refractivity contribution >= 4 is 45.0 Å². The highest BCUT2D eigenvalue weighted by Crippen LogP contribution is 2.21. The minimum atomic E-state index is -0.232. The summed E-state index contributed by atoms with van der Waals surface area (Å²) in [5, 5.41) is 3.45. The van der Waals surface area contributed by atoms with Gasteiger partial charge >= 0.3 is 0 Å². The molecule has 0 bridgehead atoms. The van der Waals surface area contributed by atoms with Crippen molar-refractivity contribution < 1.29 is 9.59 Å². The van der Waals surface area contributed by atoms with E-state index in [4.69, 9.17) is 11.6 Å². The van der Waals surface area contributed by atoms with Crippen molar-refractivity contribution in [1.82, 2.24) is 4.90 Å². The number of aryl methyl sites for hydroxylation is 1. The van der Waals surface area contributed by atoms with E-state index in [1.54, 1.807) is 25.2 Å². The Hall–Kier alpha value is -1.85. The van der Waals surface area contributed by atoms with Gasteiger partial charge in [0.05, 0.1) is 12.2 Å². The fraction of sp³-hybridized carbons (Fsp3) is 0.222. The number of hydrogen-bond acceptors (Lipinski definition) is 2. The Bertz CT molecular complexity index is 719. The number of benzene rings is 2. The Labute approximate surface area is 154 Å². The third kappa shape index (κ3) is 5.65. The van der Waals surface area contributed by atoms with Gasteiger partial charge in [-0.25, -0.2) is 0 Å². The normalized spacial score (nSPS) is 10.3. The first-order chi connectivity index (χ1) is 11.5. The molecule has 0 fully saturated rings. The fourth-order valence-corrected chi connectivity index (χ4v) is 2.66. The van der Waals surface area contributed by atoms with Gasteiger partial charge in [0.1, 0.15) is 0 Å². The number of hydrogen-bond donors (Lipinski definition) is 1. The average Bonchev–Trinajstić information content (AvgIpc) is 2.56. The van der Waals surface area contributed by atoms with E-state index in [9.17, 15) is 9.59 Å². The van der Waals surface area contributed by atoms with Gasteiger partial charge in [-0.2, -0.15) is 0 Å². The predicted molar refractivity (Wildman–Crippen MR) is 100 cm³/mol. The van der Waals surface area contributed by atoms with Crippen LogP contribution in [0.4, 0.5) is 5.69 Å². The monoisotopic (exact) mass is 408 g/mol. The maximum absolute atomic E-state index is 12.1. The van der Waals surface area contributed by atoms with E-state index < -0.39 is 0 Å². The molecule has 1 N–H and O–H groups in total. The molecule has 0 saturated carbocycles. The number of halogens is 2. The van der Waals surface area contributed by atoms with Crippen LogP contribution in [0.1, 0.15) is 12.0 Å². The van der Waals surface area contributed by atoms with Crippen molar-refractivity contribution in [1.29, 1.82) is 0 Å². The molecule has 0 aliphatic carbocycles. The molecule has 2 aromatic rings. The van der Waals surface area contributed by atoms with Gasteiger partial charge in [0.15, 0.2) is 0 Å². The number of rotatable bonds is 6. The van der Waals surface area contributed by atoms with E-state index >= 15 is 0 Å². The summed E-state index contributed by atoms with van der Waals surface area (Å²) in [6.07, 6.45) is 0.965. The molecule has 0 atom stereocenters. The largest absolute Gasteiger partial charge is 0.336 e. The summed E-state index contributed by atoms with van der Waals surface area (Å²) < 4.78 is 0.801. The Morgan fingerprint density at radius 2 is 1.79 bits per heavy atom. The summed E-state index contributed by atoms with van der Waals surface area (Å²) >= 11 is 9.21. The number of para-hydroxylation sites is 1. The summed E-state index contributed by atoms with van der Waals surface area (Å²) in [6, 6.07) is 14.7. The van der Waals surface area contributed by atoms with Crippen LogP contribution in [-0.4, -0.2) is 30.3 Å². The molecule has 2 rings (SSSR count). The lowest BCUT2D eigenvalue weighted by Crippen LogP contribution is -2.35. The van der Waals surface area contributed by atoms with Crippen molar-refractivity contribution in [3.05, 3.63) is 63.6 Å². The zero-order valence-electron chi connectivity index (χ0n) is 13.3. The average molecular weight is 410 g/mol. The Kier molecular flexibility index (Phi) is 6.82. The number of carbonyl (C=O) groups excluding carboxylic acids is 2. The third-order valence-electron chi connectivity index (χ3n) is 3.50. The summed E-state index contributed by atoms with van der Waals surface area (Å²) in [7, 11) is 1.63. The maximum atomic E-state index is 12.1. The number of nitrogens with zero attached hydrogens (tertiary/aromatic N) is 1. The second-order valence-corrected chi connectivity index (χ2v) is 6.70. The van der Waals surface area contributed by atoms with Crippen LogP contribution in [0.15, 0.2) is 53.0 Å². The zero-order valence-corrected chi connectivity index (χ0v) is 15.6. The topological polar surface area (TPSA) is 49.4 Å². The van der Waals surface area contributed by atoms with Gasteiger partial charge in [0, 0.05) is 23.0 Å². The van der Waals surface area contributed by atoms with Gasteiger partial charge in [0.2, 0.25) is 11.8 Å². The Morgan fingerprint density at radius 1 is 1.12 bits per heavy atom. The minimum absolute atomic E-state index is 0.0147. The molecule has 0 radical (unpaired) electrons. The van der Waals surface area contributed by atoms with Gasteiger partial charge < -0.3 is 10.2 Å². The van der Waals surface area contributed by atoms with E-state index in [0.29, 0.717) is 23.6 Å². The van der Waals surface area contributed by atoms with E-state index in [2.05, 4.69) is 21.2 Å². The van der Waals surface area contributed by atoms with Crippen LogP contribution >= 0.6 is 27.5 Å². The Morgan fingerprint density at radius 3 is 2.46 bits per heavy atom. The first-order valence-corrected chi connectivity index (χ1v) is 8.65. The van der Waals surface area contributed by atoms with E-state index in [1.165, 1.54) is 4.90 Å². The zero-order chi connectivity index (χ0) is 17.5. The second kappa shape index (κ2) is 8.85. The van der Waals surface area contributed by atoms with Crippen molar-refractivity contribution in [2.75, 3.05) is 18.9 Å². The molecule has 2 amide bonds.